The molecular weight excluding hydrogens is 438 g/mol. The third-order valence-electron chi connectivity index (χ3n) is 6.54. The molecule has 2 unspecified atom stereocenters. The number of benzene rings is 1. The number of nitrogens with one attached hydrogen (secondary N) is 2. The Kier molecular flexibility index (Phi) is 5.52. The second-order valence-electron chi connectivity index (χ2n) is 8.85. The lowest BCUT2D eigenvalue weighted by molar-refractivity contribution is -0.122. The van der Waals surface area contributed by atoms with Gasteiger partial charge in [0.25, 0.3) is 0 Å². The summed E-state index contributed by atoms with van der Waals surface area (Å²) in [5, 5.41) is 10.9. The number of ether oxygens (including phenoxy) is 3. The monoisotopic (exact) mass is 465 g/mol. The number of morpholine rings is 1. The first-order valence-electron chi connectivity index (χ1n) is 11.6. The van der Waals surface area contributed by atoms with E-state index in [1.165, 1.54) is 0 Å². The van der Waals surface area contributed by atoms with Gasteiger partial charge in [-0.25, -0.2) is 19.4 Å². The second-order valence-corrected chi connectivity index (χ2v) is 8.85. The van der Waals surface area contributed by atoms with E-state index in [-0.39, 0.29) is 24.3 Å². The summed E-state index contributed by atoms with van der Waals surface area (Å²) in [6.07, 6.45) is 4.47. The van der Waals surface area contributed by atoms with Gasteiger partial charge in [0.05, 0.1) is 37.0 Å². The van der Waals surface area contributed by atoms with E-state index in [0.717, 1.165) is 48.3 Å². The van der Waals surface area contributed by atoms with Gasteiger partial charge in [-0.15, -0.1) is 0 Å². The van der Waals surface area contributed by atoms with Crippen LogP contribution in [0.4, 0.5) is 16.3 Å². The molecule has 2 aromatic heterocycles. The van der Waals surface area contributed by atoms with Gasteiger partial charge in [0, 0.05) is 31.4 Å². The highest BCUT2D eigenvalue weighted by molar-refractivity contribution is 5.90. The molecule has 3 saturated heterocycles. The molecule has 2 N–H and O–H groups in total. The van der Waals surface area contributed by atoms with Crippen LogP contribution in [-0.4, -0.2) is 78.1 Å². The standard InChI is InChI=1S/C23H27N7O4/c1-24-23(31)26-15-4-2-14(3-5-15)20-27-21(29-9-17-6-7-18(10-29)34-17)19-8-25-30(22(19)28-20)16-11-32-13-33-12-16/h2-5,8,16-18H,6-7,9-13H2,1H3,(H2,24,26,31). The van der Waals surface area contributed by atoms with Gasteiger partial charge in [-0.3, -0.25) is 0 Å². The van der Waals surface area contributed by atoms with E-state index < -0.39 is 0 Å². The predicted octanol–water partition coefficient (Wildman–Crippen LogP) is 2.16. The molecule has 1 aromatic carbocycles. The fourth-order valence-corrected chi connectivity index (χ4v) is 4.85. The van der Waals surface area contributed by atoms with Gasteiger partial charge in [-0.1, -0.05) is 0 Å². The molecule has 0 saturated carbocycles. The molecule has 3 aliphatic rings. The number of amides is 2. The first-order valence-corrected chi connectivity index (χ1v) is 11.6. The van der Waals surface area contributed by atoms with Crippen molar-refractivity contribution in [2.24, 2.45) is 0 Å². The van der Waals surface area contributed by atoms with Gasteiger partial charge < -0.3 is 29.7 Å². The van der Waals surface area contributed by atoms with Crippen molar-refractivity contribution in [1.82, 2.24) is 25.1 Å². The Hall–Kier alpha value is -3.28. The summed E-state index contributed by atoms with van der Waals surface area (Å²) in [5.41, 5.74) is 2.30. The highest BCUT2D eigenvalue weighted by atomic mass is 16.7. The Morgan fingerprint density at radius 1 is 1.06 bits per heavy atom. The second kappa shape index (κ2) is 8.82. The molecule has 2 atom stereocenters. The normalized spacial score (nSPS) is 22.8. The van der Waals surface area contributed by atoms with Crippen molar-refractivity contribution < 1.29 is 19.0 Å². The first-order chi connectivity index (χ1) is 16.7. The maximum atomic E-state index is 11.6. The lowest BCUT2D eigenvalue weighted by Crippen LogP contribution is -2.43. The average Bonchev–Trinajstić information content (AvgIpc) is 3.46. The minimum absolute atomic E-state index is 0.0538. The van der Waals surface area contributed by atoms with Gasteiger partial charge >= 0.3 is 6.03 Å². The summed E-state index contributed by atoms with van der Waals surface area (Å²) >= 11 is 0. The van der Waals surface area contributed by atoms with Gasteiger partial charge in [0.15, 0.2) is 11.5 Å². The van der Waals surface area contributed by atoms with Crippen molar-refractivity contribution in [3.05, 3.63) is 30.5 Å². The zero-order valence-electron chi connectivity index (χ0n) is 18.9. The number of aromatic nitrogens is 4. The molecule has 3 aromatic rings. The van der Waals surface area contributed by atoms with Crippen LogP contribution in [0.1, 0.15) is 18.9 Å². The zero-order chi connectivity index (χ0) is 23.1. The van der Waals surface area contributed by atoms with Crippen molar-refractivity contribution in [2.75, 3.05) is 50.4 Å². The topological polar surface area (TPSA) is 116 Å². The minimum atomic E-state index is -0.268. The van der Waals surface area contributed by atoms with Crippen molar-refractivity contribution in [3.8, 4) is 11.4 Å². The van der Waals surface area contributed by atoms with Crippen LogP contribution in [0.5, 0.6) is 0 Å². The number of hydrogen-bond acceptors (Lipinski definition) is 8. The largest absolute Gasteiger partial charge is 0.371 e. The van der Waals surface area contributed by atoms with E-state index in [1.807, 2.05) is 35.1 Å². The fraction of sp³-hybridized carbons (Fsp3) is 0.478. The van der Waals surface area contributed by atoms with Crippen LogP contribution in [0.3, 0.4) is 0 Å². The summed E-state index contributed by atoms with van der Waals surface area (Å²) in [5.74, 6) is 1.48. The SMILES string of the molecule is CNC(=O)Nc1ccc(-c2nc(N3CC4CCC(C3)O4)c3cnn(C4COCOC4)c3n2)cc1. The maximum Gasteiger partial charge on any atom is 0.318 e. The van der Waals surface area contributed by atoms with E-state index in [4.69, 9.17) is 24.2 Å². The van der Waals surface area contributed by atoms with E-state index in [1.54, 1.807) is 7.05 Å². The molecule has 11 heteroatoms. The summed E-state index contributed by atoms with van der Waals surface area (Å²) in [6, 6.07) is 7.18. The number of carbonyl (C=O) groups excluding carboxylic acids is 1. The fourth-order valence-electron chi connectivity index (χ4n) is 4.85. The molecule has 178 valence electrons. The van der Waals surface area contributed by atoms with Gasteiger partial charge in [0.2, 0.25) is 0 Å². The van der Waals surface area contributed by atoms with Crippen LogP contribution in [0.25, 0.3) is 22.4 Å². The molecule has 3 aliphatic heterocycles. The average molecular weight is 466 g/mol. The Balaban J connectivity index is 1.41. The number of urea groups is 1. The third kappa shape index (κ3) is 3.95. The third-order valence-corrected chi connectivity index (χ3v) is 6.54. The number of carbonyl (C=O) groups is 1. The molecule has 3 fully saturated rings. The molecule has 11 nitrogen and oxygen atoms in total. The van der Waals surface area contributed by atoms with Crippen molar-refractivity contribution in [1.29, 1.82) is 0 Å². The summed E-state index contributed by atoms with van der Waals surface area (Å²) in [7, 11) is 1.58. The van der Waals surface area contributed by atoms with E-state index in [0.29, 0.717) is 31.5 Å². The Labute approximate surface area is 196 Å². The van der Waals surface area contributed by atoms with E-state index >= 15 is 0 Å². The van der Waals surface area contributed by atoms with Crippen molar-refractivity contribution >= 4 is 28.6 Å². The van der Waals surface area contributed by atoms with E-state index in [9.17, 15) is 4.79 Å². The van der Waals surface area contributed by atoms with Crippen LogP contribution >= 0.6 is 0 Å². The molecule has 0 aliphatic carbocycles. The lowest BCUT2D eigenvalue weighted by Gasteiger charge is -2.33. The number of anilines is 2. The molecule has 0 spiro atoms. The van der Waals surface area contributed by atoms with Crippen molar-refractivity contribution in [3.63, 3.8) is 0 Å². The van der Waals surface area contributed by atoms with Crippen molar-refractivity contribution in [2.45, 2.75) is 31.1 Å². The summed E-state index contributed by atoms with van der Waals surface area (Å²) in [4.78, 5) is 23.8. The van der Waals surface area contributed by atoms with Gasteiger partial charge in [-0.2, -0.15) is 5.10 Å². The van der Waals surface area contributed by atoms with Gasteiger partial charge in [0.1, 0.15) is 18.7 Å². The molecule has 5 heterocycles. The summed E-state index contributed by atoms with van der Waals surface area (Å²) < 4.78 is 19.0. The van der Waals surface area contributed by atoms with Crippen LogP contribution in [-0.2, 0) is 14.2 Å². The molecule has 2 amide bonds. The first kappa shape index (κ1) is 21.3. The Bertz CT molecular complexity index is 1180. The molecule has 34 heavy (non-hydrogen) atoms. The smallest absolute Gasteiger partial charge is 0.318 e. The molecule has 2 bridgehead atoms. The Morgan fingerprint density at radius 2 is 1.79 bits per heavy atom. The highest BCUT2D eigenvalue weighted by Gasteiger charge is 2.35. The van der Waals surface area contributed by atoms with Gasteiger partial charge in [-0.05, 0) is 37.1 Å². The van der Waals surface area contributed by atoms with Crippen LogP contribution in [0.15, 0.2) is 30.5 Å². The molecular formula is C23H27N7O4. The number of nitrogens with zero attached hydrogens (tertiary/aromatic N) is 5. The molecule has 0 radical (unpaired) electrons. The van der Waals surface area contributed by atoms with E-state index in [2.05, 4.69) is 20.6 Å². The number of hydrogen-bond donors (Lipinski definition) is 2. The maximum absolute atomic E-state index is 11.6. The predicted molar refractivity (Wildman–Crippen MR) is 125 cm³/mol. The molecule has 6 rings (SSSR count). The lowest BCUT2D eigenvalue weighted by atomic mass is 10.2. The van der Waals surface area contributed by atoms with Crippen LogP contribution in [0, 0.1) is 0 Å². The Morgan fingerprint density at radius 3 is 2.50 bits per heavy atom. The quantitative estimate of drug-likeness (QED) is 0.602. The highest BCUT2D eigenvalue weighted by Crippen LogP contribution is 2.34. The minimum Gasteiger partial charge on any atom is -0.371 e. The zero-order valence-corrected chi connectivity index (χ0v) is 18.9. The number of rotatable bonds is 4. The number of fused-ring (bicyclic) bond motifs is 3. The summed E-state index contributed by atoms with van der Waals surface area (Å²) in [6.45, 7) is 2.95. The van der Waals surface area contributed by atoms with Crippen LogP contribution < -0.4 is 15.5 Å². The van der Waals surface area contributed by atoms with Crippen LogP contribution in [0.2, 0.25) is 0 Å².